The summed E-state index contributed by atoms with van der Waals surface area (Å²) in [6.07, 6.45) is 3.35. The summed E-state index contributed by atoms with van der Waals surface area (Å²) in [5.74, 6) is 0.238. The number of H-pyrrole nitrogens is 1. The fraction of sp³-hybridized carbons (Fsp3) is 0.300. The van der Waals surface area contributed by atoms with E-state index in [1.165, 1.54) is 0 Å². The predicted molar refractivity (Wildman–Crippen MR) is 54.2 cm³/mol. The molecule has 0 aliphatic carbocycles. The molecular weight excluding hydrogens is 178 g/mol. The molecule has 0 aromatic carbocycles. The summed E-state index contributed by atoms with van der Waals surface area (Å²) in [5, 5.41) is 7.66. The van der Waals surface area contributed by atoms with Crippen molar-refractivity contribution in [2.24, 2.45) is 0 Å². The highest BCUT2D eigenvalue weighted by Crippen LogP contribution is 2.18. The molecule has 0 fully saturated rings. The van der Waals surface area contributed by atoms with E-state index in [2.05, 4.69) is 15.2 Å². The molecule has 0 spiro atoms. The highest BCUT2D eigenvalue weighted by molar-refractivity contribution is 5.82. The Bertz CT molecular complexity index is 511. The number of rotatable bonds is 1. The van der Waals surface area contributed by atoms with Gasteiger partial charge >= 0.3 is 0 Å². The Balaban J connectivity index is 2.91. The monoisotopic (exact) mass is 189 g/mol. The zero-order chi connectivity index (χ0) is 10.1. The molecule has 0 aliphatic heterocycles. The minimum Gasteiger partial charge on any atom is -0.267 e. The quantitative estimate of drug-likeness (QED) is 0.738. The van der Waals surface area contributed by atoms with Gasteiger partial charge in [0.05, 0.1) is 17.3 Å². The van der Waals surface area contributed by atoms with E-state index < -0.39 is 0 Å². The number of hydrogen-bond donors (Lipinski definition) is 1. The van der Waals surface area contributed by atoms with E-state index in [0.717, 1.165) is 11.1 Å². The van der Waals surface area contributed by atoms with Crippen molar-refractivity contribution in [2.45, 2.75) is 19.8 Å². The molecule has 0 saturated carbocycles. The molecular formula is C10H11N3O. The average Bonchev–Trinajstić information content (AvgIpc) is 2.17. The molecule has 2 heterocycles. The van der Waals surface area contributed by atoms with Crippen LogP contribution in [0.4, 0.5) is 0 Å². The molecule has 72 valence electrons. The number of nitrogens with one attached hydrogen (secondary N) is 1. The summed E-state index contributed by atoms with van der Waals surface area (Å²) in [6, 6.07) is 1.80. The largest absolute Gasteiger partial charge is 0.273 e. The average molecular weight is 189 g/mol. The molecule has 0 bridgehead atoms. The van der Waals surface area contributed by atoms with Crippen molar-refractivity contribution in [2.75, 3.05) is 0 Å². The molecule has 2 rings (SSSR count). The standard InChI is InChI=1S/C10H11N3O/c1-6(2)9-8-7(3-4-11-9)5-12-13-10(8)14/h3-6H,1-2H3,(H,13,14). The van der Waals surface area contributed by atoms with Gasteiger partial charge in [0.2, 0.25) is 0 Å². The maximum Gasteiger partial charge on any atom is 0.273 e. The number of aromatic amines is 1. The van der Waals surface area contributed by atoms with Crippen LogP contribution in [0.3, 0.4) is 0 Å². The maximum absolute atomic E-state index is 11.5. The first-order valence-corrected chi connectivity index (χ1v) is 4.52. The van der Waals surface area contributed by atoms with E-state index in [9.17, 15) is 4.79 Å². The number of nitrogens with zero attached hydrogens (tertiary/aromatic N) is 2. The SMILES string of the molecule is CC(C)c1nccc2cn[nH]c(=O)c12. The van der Waals surface area contributed by atoms with Gasteiger partial charge in [-0.25, -0.2) is 5.10 Å². The lowest BCUT2D eigenvalue weighted by atomic mass is 10.0. The highest BCUT2D eigenvalue weighted by atomic mass is 16.1. The fourth-order valence-electron chi connectivity index (χ4n) is 1.50. The Labute approximate surface area is 81.0 Å². The zero-order valence-electron chi connectivity index (χ0n) is 8.11. The van der Waals surface area contributed by atoms with E-state index in [1.807, 2.05) is 13.8 Å². The zero-order valence-corrected chi connectivity index (χ0v) is 8.11. The van der Waals surface area contributed by atoms with Crippen LogP contribution in [-0.2, 0) is 0 Å². The van der Waals surface area contributed by atoms with Crippen molar-refractivity contribution in [3.05, 3.63) is 34.5 Å². The molecule has 1 N–H and O–H groups in total. The topological polar surface area (TPSA) is 58.6 Å². The fourth-order valence-corrected chi connectivity index (χ4v) is 1.50. The van der Waals surface area contributed by atoms with Gasteiger partial charge in [0.1, 0.15) is 0 Å². The summed E-state index contributed by atoms with van der Waals surface area (Å²) in [5.41, 5.74) is 0.658. The van der Waals surface area contributed by atoms with Crippen LogP contribution >= 0.6 is 0 Å². The summed E-state index contributed by atoms with van der Waals surface area (Å²) in [7, 11) is 0. The summed E-state index contributed by atoms with van der Waals surface area (Å²) in [6.45, 7) is 4.03. The van der Waals surface area contributed by atoms with E-state index >= 15 is 0 Å². The first kappa shape index (κ1) is 8.87. The number of aromatic nitrogens is 3. The van der Waals surface area contributed by atoms with Gasteiger partial charge in [0.15, 0.2) is 0 Å². The van der Waals surface area contributed by atoms with Gasteiger partial charge in [-0.2, -0.15) is 5.10 Å². The number of hydrogen-bond acceptors (Lipinski definition) is 3. The van der Waals surface area contributed by atoms with Gasteiger partial charge in [-0.15, -0.1) is 0 Å². The Morgan fingerprint density at radius 2 is 2.21 bits per heavy atom. The molecule has 2 aromatic heterocycles. The smallest absolute Gasteiger partial charge is 0.267 e. The van der Waals surface area contributed by atoms with Crippen LogP contribution in [-0.4, -0.2) is 15.2 Å². The summed E-state index contributed by atoms with van der Waals surface area (Å²) >= 11 is 0. The van der Waals surface area contributed by atoms with Crippen LogP contribution < -0.4 is 5.56 Å². The molecule has 0 unspecified atom stereocenters. The normalized spacial score (nSPS) is 11.1. The molecule has 2 aromatic rings. The van der Waals surface area contributed by atoms with Crippen molar-refractivity contribution in [3.8, 4) is 0 Å². The van der Waals surface area contributed by atoms with Crippen LogP contribution in [0.2, 0.25) is 0 Å². The van der Waals surface area contributed by atoms with Gasteiger partial charge in [0.25, 0.3) is 5.56 Å². The van der Waals surface area contributed by atoms with E-state index in [0.29, 0.717) is 5.39 Å². The third-order valence-electron chi connectivity index (χ3n) is 2.16. The molecule has 0 aliphatic rings. The first-order chi connectivity index (χ1) is 6.70. The lowest BCUT2D eigenvalue weighted by Crippen LogP contribution is -2.11. The number of pyridine rings is 1. The van der Waals surface area contributed by atoms with E-state index in [-0.39, 0.29) is 11.5 Å². The number of fused-ring (bicyclic) bond motifs is 1. The predicted octanol–water partition coefficient (Wildman–Crippen LogP) is 1.44. The Morgan fingerprint density at radius 1 is 1.43 bits per heavy atom. The molecule has 14 heavy (non-hydrogen) atoms. The third-order valence-corrected chi connectivity index (χ3v) is 2.16. The lowest BCUT2D eigenvalue weighted by Gasteiger charge is -2.06. The van der Waals surface area contributed by atoms with Gasteiger partial charge in [-0.3, -0.25) is 9.78 Å². The minimum absolute atomic E-state index is 0.167. The third kappa shape index (κ3) is 1.28. The second-order valence-electron chi connectivity index (χ2n) is 3.51. The Kier molecular flexibility index (Phi) is 2.04. The van der Waals surface area contributed by atoms with Crippen molar-refractivity contribution in [1.29, 1.82) is 0 Å². The van der Waals surface area contributed by atoms with Gasteiger partial charge in [-0.1, -0.05) is 13.8 Å². The molecule has 0 saturated heterocycles. The van der Waals surface area contributed by atoms with Crippen molar-refractivity contribution < 1.29 is 0 Å². The van der Waals surface area contributed by atoms with Crippen molar-refractivity contribution in [1.82, 2.24) is 15.2 Å². The maximum atomic E-state index is 11.5. The second kappa shape index (κ2) is 3.21. The van der Waals surface area contributed by atoms with Gasteiger partial charge < -0.3 is 0 Å². The summed E-state index contributed by atoms with van der Waals surface area (Å²) in [4.78, 5) is 15.8. The van der Waals surface area contributed by atoms with Gasteiger partial charge in [-0.05, 0) is 12.0 Å². The lowest BCUT2D eigenvalue weighted by molar-refractivity contribution is 0.830. The summed E-state index contributed by atoms with van der Waals surface area (Å²) < 4.78 is 0. The Hall–Kier alpha value is -1.71. The first-order valence-electron chi connectivity index (χ1n) is 4.52. The van der Waals surface area contributed by atoms with Crippen molar-refractivity contribution in [3.63, 3.8) is 0 Å². The van der Waals surface area contributed by atoms with Crippen LogP contribution in [0.25, 0.3) is 10.8 Å². The highest BCUT2D eigenvalue weighted by Gasteiger charge is 2.09. The Morgan fingerprint density at radius 3 is 2.93 bits per heavy atom. The molecule has 0 radical (unpaired) electrons. The van der Waals surface area contributed by atoms with Crippen LogP contribution in [0.5, 0.6) is 0 Å². The van der Waals surface area contributed by atoms with Crippen molar-refractivity contribution >= 4 is 10.8 Å². The van der Waals surface area contributed by atoms with Crippen LogP contribution in [0, 0.1) is 0 Å². The van der Waals surface area contributed by atoms with Crippen LogP contribution in [0.15, 0.2) is 23.3 Å². The van der Waals surface area contributed by atoms with E-state index in [1.54, 1.807) is 18.5 Å². The van der Waals surface area contributed by atoms with Crippen LogP contribution in [0.1, 0.15) is 25.5 Å². The molecule has 0 atom stereocenters. The molecule has 0 amide bonds. The second-order valence-corrected chi connectivity index (χ2v) is 3.51. The van der Waals surface area contributed by atoms with Gasteiger partial charge in [0, 0.05) is 11.6 Å². The van der Waals surface area contributed by atoms with E-state index in [4.69, 9.17) is 0 Å². The molecule has 4 heteroatoms. The minimum atomic E-state index is -0.167. The molecule has 4 nitrogen and oxygen atoms in total.